The number of unbranched alkanes of at least 4 members (excludes halogenated alkanes) is 2. The molecule has 11 heteroatoms. The van der Waals surface area contributed by atoms with Gasteiger partial charge in [-0.2, -0.15) is 0 Å². The van der Waals surface area contributed by atoms with Crippen LogP contribution in [0, 0.1) is 5.92 Å². The van der Waals surface area contributed by atoms with Crippen LogP contribution in [-0.2, 0) is 30.4 Å². The van der Waals surface area contributed by atoms with E-state index in [-0.39, 0.29) is 25.0 Å². The number of fused-ring (bicyclic) bond motifs is 1. The fraction of sp³-hybridized carbons (Fsp3) is 0.595. The van der Waals surface area contributed by atoms with Crippen molar-refractivity contribution in [3.8, 4) is 0 Å². The highest BCUT2D eigenvalue weighted by atomic mass is 16.5. The van der Waals surface area contributed by atoms with E-state index < -0.39 is 0 Å². The number of nitrogens with two attached hydrogens (primary N) is 2. The average Bonchev–Trinajstić information content (AvgIpc) is 3.08. The smallest absolute Gasteiger partial charge is 0.293 e. The van der Waals surface area contributed by atoms with Gasteiger partial charge in [0.05, 0.1) is 31.1 Å². The Kier molecular flexibility index (Phi) is 25.2. The number of rotatable bonds is 17. The first kappa shape index (κ1) is 44.3. The molecule has 1 atom stereocenters. The zero-order valence-corrected chi connectivity index (χ0v) is 30.9. The molecule has 0 aromatic heterocycles. The lowest BCUT2D eigenvalue weighted by Crippen LogP contribution is -2.38. The van der Waals surface area contributed by atoms with Crippen LogP contribution in [0.4, 0.5) is 0 Å². The fourth-order valence-corrected chi connectivity index (χ4v) is 4.70. The van der Waals surface area contributed by atoms with E-state index in [0.29, 0.717) is 43.4 Å². The van der Waals surface area contributed by atoms with Crippen LogP contribution in [0.5, 0.6) is 0 Å². The molecule has 1 heterocycles. The quantitative estimate of drug-likeness (QED) is 0.0754. The Hall–Kier alpha value is -3.67. The molecular weight excluding hydrogens is 608 g/mol. The fourth-order valence-electron chi connectivity index (χ4n) is 4.70. The SMILES string of the molecule is C/C=C1C(/N)=C(/N(N)CCOC=O)c2ccccc2CN(C(C)=O)C/1=C/C.CCCCCNC.CCCOCCC(=O)NCC(C)CC. The third-order valence-electron chi connectivity index (χ3n) is 7.66. The highest BCUT2D eigenvalue weighted by Crippen LogP contribution is 2.34. The first-order chi connectivity index (χ1) is 23.1. The molecule has 2 amide bonds. The Bertz CT molecular complexity index is 1160. The van der Waals surface area contributed by atoms with Crippen LogP contribution in [-0.4, -0.2) is 74.7 Å². The highest BCUT2D eigenvalue weighted by molar-refractivity contribution is 5.81. The Morgan fingerprint density at radius 2 is 1.77 bits per heavy atom. The largest absolute Gasteiger partial charge is 0.466 e. The lowest BCUT2D eigenvalue weighted by atomic mass is 9.94. The van der Waals surface area contributed by atoms with E-state index in [4.69, 9.17) is 21.1 Å². The Morgan fingerprint density at radius 3 is 2.33 bits per heavy atom. The maximum Gasteiger partial charge on any atom is 0.293 e. The van der Waals surface area contributed by atoms with Crippen LogP contribution < -0.4 is 22.2 Å². The van der Waals surface area contributed by atoms with Crippen molar-refractivity contribution in [3.63, 3.8) is 0 Å². The van der Waals surface area contributed by atoms with Gasteiger partial charge in [0.1, 0.15) is 6.61 Å². The topological polar surface area (TPSA) is 152 Å². The van der Waals surface area contributed by atoms with E-state index in [9.17, 15) is 14.4 Å². The van der Waals surface area contributed by atoms with E-state index >= 15 is 0 Å². The van der Waals surface area contributed by atoms with E-state index in [1.807, 2.05) is 57.3 Å². The van der Waals surface area contributed by atoms with E-state index in [2.05, 4.69) is 38.3 Å². The number of ether oxygens (including phenoxy) is 2. The normalized spacial score (nSPS) is 16.3. The Morgan fingerprint density at radius 1 is 1.06 bits per heavy atom. The van der Waals surface area contributed by atoms with Gasteiger partial charge < -0.3 is 35.7 Å². The molecular formula is C37H64N6O5. The maximum atomic E-state index is 12.3. The molecule has 2 rings (SSSR count). The van der Waals surface area contributed by atoms with Crippen LogP contribution in [0.15, 0.2) is 53.4 Å². The Labute approximate surface area is 290 Å². The van der Waals surface area contributed by atoms with Gasteiger partial charge in [-0.3, -0.25) is 14.4 Å². The van der Waals surface area contributed by atoms with Crippen LogP contribution in [0.2, 0.25) is 0 Å². The predicted octanol–water partition coefficient (Wildman–Crippen LogP) is 5.24. The number of hydrogen-bond donors (Lipinski definition) is 4. The van der Waals surface area contributed by atoms with Gasteiger partial charge in [-0.1, -0.05) is 83.4 Å². The van der Waals surface area contributed by atoms with Crippen LogP contribution in [0.25, 0.3) is 5.70 Å². The summed E-state index contributed by atoms with van der Waals surface area (Å²) in [4.78, 5) is 35.7. The second-order valence-electron chi connectivity index (χ2n) is 11.6. The molecule has 0 saturated heterocycles. The highest BCUT2D eigenvalue weighted by Gasteiger charge is 2.27. The number of benzene rings is 1. The van der Waals surface area contributed by atoms with Gasteiger partial charge in [0.25, 0.3) is 6.47 Å². The molecule has 0 aliphatic carbocycles. The van der Waals surface area contributed by atoms with Crippen molar-refractivity contribution in [2.24, 2.45) is 17.5 Å². The summed E-state index contributed by atoms with van der Waals surface area (Å²) < 4.78 is 10.00. The molecule has 272 valence electrons. The van der Waals surface area contributed by atoms with Crippen molar-refractivity contribution < 1.29 is 23.9 Å². The predicted molar refractivity (Wildman–Crippen MR) is 196 cm³/mol. The summed E-state index contributed by atoms with van der Waals surface area (Å²) in [7, 11) is 2.00. The first-order valence-corrected chi connectivity index (χ1v) is 17.3. The molecule has 0 fully saturated rings. The van der Waals surface area contributed by atoms with Crippen molar-refractivity contribution in [2.75, 3.05) is 46.5 Å². The zero-order valence-electron chi connectivity index (χ0n) is 30.9. The Balaban J connectivity index is 0.000000875. The zero-order chi connectivity index (χ0) is 36.3. The van der Waals surface area contributed by atoms with Crippen LogP contribution in [0.3, 0.4) is 0 Å². The van der Waals surface area contributed by atoms with Gasteiger partial charge in [-0.25, -0.2) is 5.84 Å². The summed E-state index contributed by atoms with van der Waals surface area (Å²) in [6.45, 7) is 18.3. The lowest BCUT2D eigenvalue weighted by molar-refractivity contribution is -0.129. The first-order valence-electron chi connectivity index (χ1n) is 17.3. The number of nitrogens with zero attached hydrogens (tertiary/aromatic N) is 2. The van der Waals surface area contributed by atoms with Gasteiger partial charge in [-0.05, 0) is 51.8 Å². The molecule has 0 spiro atoms. The molecule has 1 aliphatic heterocycles. The third kappa shape index (κ3) is 16.9. The standard InChI is InChI=1S/C20H26N4O3.C11H23NO2.C6H15N/c1-4-16-18(5-2)23(14(3)26)12-15-8-6-7-9-17(15)20(19(16)21)24(22)10-11-27-13-25;1-4-7-14-8-6-11(13)12-9-10(3)5-2;1-3-4-5-6-7-2/h4-9,13H,10-12,21-22H2,1-3H3;10H,4-9H2,1-3H3,(H,12,13);7H,3-6H2,1-2H3/b16-4+,18-5+,20-19-;;. The summed E-state index contributed by atoms with van der Waals surface area (Å²) in [6, 6.07) is 7.68. The van der Waals surface area contributed by atoms with Gasteiger partial charge in [0, 0.05) is 43.3 Å². The lowest BCUT2D eigenvalue weighted by Gasteiger charge is -2.33. The molecule has 48 heavy (non-hydrogen) atoms. The molecule has 1 aromatic carbocycles. The molecule has 1 aliphatic rings. The monoisotopic (exact) mass is 672 g/mol. The van der Waals surface area contributed by atoms with Gasteiger partial charge >= 0.3 is 0 Å². The number of allylic oxidation sites excluding steroid dienone is 2. The number of hydrogen-bond acceptors (Lipinski definition) is 9. The summed E-state index contributed by atoms with van der Waals surface area (Å²) in [6.07, 6.45) is 10.3. The second-order valence-corrected chi connectivity index (χ2v) is 11.6. The van der Waals surface area contributed by atoms with E-state index in [0.717, 1.165) is 48.4 Å². The molecule has 1 unspecified atom stereocenters. The average molecular weight is 673 g/mol. The summed E-state index contributed by atoms with van der Waals surface area (Å²) in [5, 5.41) is 7.48. The molecule has 0 radical (unpaired) electrons. The molecule has 6 N–H and O–H groups in total. The number of nitrogens with one attached hydrogen (secondary N) is 2. The van der Waals surface area contributed by atoms with Gasteiger partial charge in [0.2, 0.25) is 11.8 Å². The minimum Gasteiger partial charge on any atom is -0.466 e. The number of carbonyl (C=O) groups is 3. The van der Waals surface area contributed by atoms with Gasteiger partial charge in [-0.15, -0.1) is 0 Å². The van der Waals surface area contributed by atoms with Crippen LogP contribution in [0.1, 0.15) is 98.1 Å². The minimum atomic E-state index is -0.0718. The van der Waals surface area contributed by atoms with Crippen molar-refractivity contribution in [2.45, 2.75) is 93.5 Å². The molecule has 0 bridgehead atoms. The maximum absolute atomic E-state index is 12.3. The second kappa shape index (κ2) is 27.3. The van der Waals surface area contributed by atoms with E-state index in [1.165, 1.54) is 37.7 Å². The summed E-state index contributed by atoms with van der Waals surface area (Å²) in [5.74, 6) is 6.88. The number of carbonyl (C=O) groups excluding carboxylic acids is 3. The number of amides is 2. The summed E-state index contributed by atoms with van der Waals surface area (Å²) in [5.41, 5.74) is 10.9. The van der Waals surface area contributed by atoms with Gasteiger partial charge in [0.15, 0.2) is 0 Å². The van der Waals surface area contributed by atoms with Crippen molar-refractivity contribution in [3.05, 3.63) is 64.5 Å². The molecule has 0 saturated carbocycles. The van der Waals surface area contributed by atoms with Crippen molar-refractivity contribution in [1.82, 2.24) is 20.5 Å². The minimum absolute atomic E-state index is 0.0718. The van der Waals surface area contributed by atoms with Crippen molar-refractivity contribution >= 4 is 24.0 Å². The van der Waals surface area contributed by atoms with Crippen LogP contribution >= 0.6 is 0 Å². The number of hydrazine groups is 1. The van der Waals surface area contributed by atoms with Crippen molar-refractivity contribution in [1.29, 1.82) is 0 Å². The molecule has 11 nitrogen and oxygen atoms in total. The molecule has 1 aromatic rings. The summed E-state index contributed by atoms with van der Waals surface area (Å²) >= 11 is 0. The third-order valence-corrected chi connectivity index (χ3v) is 7.66. The van der Waals surface area contributed by atoms with E-state index in [1.54, 1.807) is 4.90 Å².